The number of carbonyl (C=O) groups is 1. The third kappa shape index (κ3) is 2.58. The van der Waals surface area contributed by atoms with Gasteiger partial charge in [0.15, 0.2) is 0 Å². The van der Waals surface area contributed by atoms with Gasteiger partial charge in [0.2, 0.25) is 11.8 Å². The lowest BCUT2D eigenvalue weighted by molar-refractivity contribution is -0.139. The van der Waals surface area contributed by atoms with Crippen molar-refractivity contribution in [2.75, 3.05) is 13.7 Å². The zero-order valence-corrected chi connectivity index (χ0v) is 13.8. The van der Waals surface area contributed by atoms with Crippen molar-refractivity contribution in [1.29, 1.82) is 0 Å². The number of methoxy groups -OCH3 is 1. The third-order valence-corrected chi connectivity index (χ3v) is 3.95. The predicted octanol–water partition coefficient (Wildman–Crippen LogP) is 1.98. The van der Waals surface area contributed by atoms with Crippen LogP contribution in [0.5, 0.6) is 11.6 Å². The van der Waals surface area contributed by atoms with E-state index in [-0.39, 0.29) is 18.1 Å². The van der Waals surface area contributed by atoms with E-state index < -0.39 is 11.9 Å². The van der Waals surface area contributed by atoms with Crippen LogP contribution >= 0.6 is 0 Å². The molecule has 2 heterocycles. The Labute approximate surface area is 139 Å². The molecule has 3 N–H and O–H groups in total. The minimum Gasteiger partial charge on any atom is -0.497 e. The van der Waals surface area contributed by atoms with Gasteiger partial charge in [0.25, 0.3) is 0 Å². The summed E-state index contributed by atoms with van der Waals surface area (Å²) < 4.78 is 15.9. The molecule has 3 rings (SSSR count). The number of hydrogen-bond donors (Lipinski definition) is 2. The van der Waals surface area contributed by atoms with Crippen LogP contribution in [0, 0.1) is 6.92 Å². The number of nitrogens with two attached hydrogens (primary N) is 1. The Morgan fingerprint density at radius 1 is 1.38 bits per heavy atom. The van der Waals surface area contributed by atoms with Crippen molar-refractivity contribution in [1.82, 2.24) is 10.2 Å². The van der Waals surface area contributed by atoms with Gasteiger partial charge in [0.1, 0.15) is 11.3 Å². The number of nitrogens with zero attached hydrogens (tertiary/aromatic N) is 1. The number of carbonyl (C=O) groups excluding carboxylic acids is 1. The highest BCUT2D eigenvalue weighted by Crippen LogP contribution is 2.43. The Bertz CT molecular complexity index is 793. The average Bonchev–Trinajstić information content (AvgIpc) is 2.94. The standard InChI is InChI=1S/C17H19N3O4/c1-4-23-17(21)14-13(10-5-7-11(22-3)8-6-10)12-9(2)19-20-16(12)24-15(14)18/h5-8,13H,4,18H2,1-3H3,(H,19,20)/t13-/m0/s1. The topological polar surface area (TPSA) is 99.5 Å². The maximum atomic E-state index is 12.5. The third-order valence-electron chi connectivity index (χ3n) is 3.95. The van der Waals surface area contributed by atoms with Gasteiger partial charge >= 0.3 is 5.97 Å². The molecular weight excluding hydrogens is 310 g/mol. The number of nitrogens with one attached hydrogen (secondary N) is 1. The van der Waals surface area contributed by atoms with E-state index >= 15 is 0 Å². The van der Waals surface area contributed by atoms with Crippen molar-refractivity contribution in [2.24, 2.45) is 5.73 Å². The van der Waals surface area contributed by atoms with Gasteiger partial charge in [-0.25, -0.2) is 4.79 Å². The average molecular weight is 329 g/mol. The zero-order chi connectivity index (χ0) is 17.3. The maximum Gasteiger partial charge on any atom is 0.340 e. The zero-order valence-electron chi connectivity index (χ0n) is 13.8. The van der Waals surface area contributed by atoms with E-state index in [9.17, 15) is 4.79 Å². The number of aryl methyl sites for hydroxylation is 1. The van der Waals surface area contributed by atoms with E-state index in [2.05, 4.69) is 10.2 Å². The van der Waals surface area contributed by atoms with Crippen molar-refractivity contribution in [2.45, 2.75) is 19.8 Å². The Morgan fingerprint density at radius 2 is 2.08 bits per heavy atom. The van der Waals surface area contributed by atoms with Gasteiger partial charge in [-0.15, -0.1) is 5.10 Å². The molecule has 0 saturated heterocycles. The fourth-order valence-electron chi connectivity index (χ4n) is 2.84. The Kier molecular flexibility index (Phi) is 4.16. The summed E-state index contributed by atoms with van der Waals surface area (Å²) in [6.45, 7) is 3.87. The van der Waals surface area contributed by atoms with Crippen LogP contribution in [-0.4, -0.2) is 29.9 Å². The molecule has 1 atom stereocenters. The molecule has 0 spiro atoms. The first-order valence-electron chi connectivity index (χ1n) is 7.60. The fourth-order valence-corrected chi connectivity index (χ4v) is 2.84. The summed E-state index contributed by atoms with van der Waals surface area (Å²) >= 11 is 0. The van der Waals surface area contributed by atoms with Crippen LogP contribution in [0.2, 0.25) is 0 Å². The number of benzene rings is 1. The SMILES string of the molecule is CCOC(=O)C1=C(N)Oc2n[nH]c(C)c2[C@@H]1c1ccc(OC)cc1. The maximum absolute atomic E-state index is 12.5. The summed E-state index contributed by atoms with van der Waals surface area (Å²) in [4.78, 5) is 12.5. The Hall–Kier alpha value is -2.96. The summed E-state index contributed by atoms with van der Waals surface area (Å²) in [5, 5.41) is 7.00. The minimum atomic E-state index is -0.498. The van der Waals surface area contributed by atoms with E-state index in [4.69, 9.17) is 19.9 Å². The van der Waals surface area contributed by atoms with Gasteiger partial charge in [-0.1, -0.05) is 12.1 Å². The number of aromatic nitrogens is 2. The second-order valence-corrected chi connectivity index (χ2v) is 5.37. The van der Waals surface area contributed by atoms with Crippen LogP contribution < -0.4 is 15.2 Å². The molecule has 0 radical (unpaired) electrons. The van der Waals surface area contributed by atoms with Crippen molar-refractivity contribution in [3.8, 4) is 11.6 Å². The molecule has 0 aliphatic carbocycles. The molecule has 1 aromatic carbocycles. The highest BCUT2D eigenvalue weighted by atomic mass is 16.5. The number of esters is 1. The second-order valence-electron chi connectivity index (χ2n) is 5.37. The van der Waals surface area contributed by atoms with E-state index in [0.717, 1.165) is 22.6 Å². The van der Waals surface area contributed by atoms with Gasteiger partial charge in [-0.05, 0) is 31.5 Å². The number of ether oxygens (including phenoxy) is 3. The van der Waals surface area contributed by atoms with Crippen molar-refractivity contribution in [3.05, 3.63) is 52.5 Å². The number of hydrogen-bond acceptors (Lipinski definition) is 6. The molecule has 2 aromatic rings. The molecule has 0 amide bonds. The molecular formula is C17H19N3O4. The van der Waals surface area contributed by atoms with Crippen LogP contribution in [-0.2, 0) is 9.53 Å². The number of aromatic amines is 1. The molecule has 0 bridgehead atoms. The van der Waals surface area contributed by atoms with Gasteiger partial charge in [-0.2, -0.15) is 0 Å². The molecule has 0 unspecified atom stereocenters. The van der Waals surface area contributed by atoms with Crippen LogP contribution in [0.25, 0.3) is 0 Å². The monoisotopic (exact) mass is 329 g/mol. The van der Waals surface area contributed by atoms with Crippen molar-refractivity contribution in [3.63, 3.8) is 0 Å². The summed E-state index contributed by atoms with van der Waals surface area (Å²) in [7, 11) is 1.60. The van der Waals surface area contributed by atoms with Crippen LogP contribution in [0.1, 0.15) is 29.7 Å². The van der Waals surface area contributed by atoms with Crippen molar-refractivity contribution >= 4 is 5.97 Å². The van der Waals surface area contributed by atoms with Crippen LogP contribution in [0.4, 0.5) is 0 Å². The van der Waals surface area contributed by atoms with Gasteiger partial charge in [0.05, 0.1) is 19.6 Å². The summed E-state index contributed by atoms with van der Waals surface area (Å²) in [5.74, 6) is 0.191. The summed E-state index contributed by atoms with van der Waals surface area (Å²) in [6.07, 6.45) is 0. The molecule has 7 nitrogen and oxygen atoms in total. The van der Waals surface area contributed by atoms with E-state index in [0.29, 0.717) is 5.88 Å². The van der Waals surface area contributed by atoms with Gasteiger partial charge < -0.3 is 19.9 Å². The lowest BCUT2D eigenvalue weighted by Gasteiger charge is -2.26. The fraction of sp³-hybridized carbons (Fsp3) is 0.294. The largest absolute Gasteiger partial charge is 0.497 e. The quantitative estimate of drug-likeness (QED) is 0.832. The Morgan fingerprint density at radius 3 is 2.71 bits per heavy atom. The first-order valence-corrected chi connectivity index (χ1v) is 7.60. The molecule has 126 valence electrons. The number of H-pyrrole nitrogens is 1. The predicted molar refractivity (Wildman–Crippen MR) is 86.6 cm³/mol. The van der Waals surface area contributed by atoms with Crippen molar-refractivity contribution < 1.29 is 19.0 Å². The number of rotatable bonds is 4. The molecule has 0 saturated carbocycles. The summed E-state index contributed by atoms with van der Waals surface area (Å²) in [5.41, 5.74) is 8.73. The summed E-state index contributed by atoms with van der Waals surface area (Å²) in [6, 6.07) is 7.44. The van der Waals surface area contributed by atoms with E-state index in [1.807, 2.05) is 31.2 Å². The van der Waals surface area contributed by atoms with E-state index in [1.54, 1.807) is 14.0 Å². The first kappa shape index (κ1) is 15.9. The lowest BCUT2D eigenvalue weighted by atomic mass is 9.83. The molecule has 0 fully saturated rings. The molecule has 7 heteroatoms. The highest BCUT2D eigenvalue weighted by Gasteiger charge is 2.38. The molecule has 1 aliphatic heterocycles. The second kappa shape index (κ2) is 6.27. The lowest BCUT2D eigenvalue weighted by Crippen LogP contribution is -2.27. The smallest absolute Gasteiger partial charge is 0.340 e. The van der Waals surface area contributed by atoms with Gasteiger partial charge in [-0.3, -0.25) is 5.10 Å². The minimum absolute atomic E-state index is 0.00766. The Balaban J connectivity index is 2.15. The first-order chi connectivity index (χ1) is 11.6. The molecule has 24 heavy (non-hydrogen) atoms. The highest BCUT2D eigenvalue weighted by molar-refractivity contribution is 5.92. The molecule has 1 aromatic heterocycles. The normalized spacial score (nSPS) is 16.4. The number of fused-ring (bicyclic) bond motifs is 1. The van der Waals surface area contributed by atoms with E-state index in [1.165, 1.54) is 0 Å². The van der Waals surface area contributed by atoms with Crippen LogP contribution in [0.15, 0.2) is 35.7 Å². The van der Waals surface area contributed by atoms with Crippen LogP contribution in [0.3, 0.4) is 0 Å². The molecule has 1 aliphatic rings. The van der Waals surface area contributed by atoms with Gasteiger partial charge in [0, 0.05) is 11.3 Å².